The van der Waals surface area contributed by atoms with Crippen molar-refractivity contribution in [3.8, 4) is 0 Å². The van der Waals surface area contributed by atoms with Crippen LogP contribution in [0.2, 0.25) is 0 Å². The molecule has 7 nitrogen and oxygen atoms in total. The third-order valence-corrected chi connectivity index (χ3v) is 3.85. The molecule has 134 valence electrons. The Bertz CT molecular complexity index is 635. The zero-order chi connectivity index (χ0) is 17.9. The minimum absolute atomic E-state index is 0.416. The largest absolute Gasteiger partial charge is 0.373 e. The summed E-state index contributed by atoms with van der Waals surface area (Å²) in [6, 6.07) is 6.81. The number of hydrogen-bond acceptors (Lipinski definition) is 7. The number of anilines is 2. The molecule has 7 heteroatoms. The standard InChI is InChI=1S/C18H24N4O3/c1-3-5-6-14(4-2)11-24-25-17(23)15-7-9-16(10-8-15)22-18-20-12-19-13-21-18/h7-10,12-14H,3-6,11H2,1-2H3,(H,19,20,21,22). The normalized spacial score (nSPS) is 11.8. The summed E-state index contributed by atoms with van der Waals surface area (Å²) >= 11 is 0. The van der Waals surface area contributed by atoms with Gasteiger partial charge in [0.05, 0.1) is 12.2 Å². The van der Waals surface area contributed by atoms with Gasteiger partial charge in [-0.25, -0.2) is 19.7 Å². The van der Waals surface area contributed by atoms with Crippen LogP contribution >= 0.6 is 0 Å². The first-order chi connectivity index (χ1) is 12.2. The van der Waals surface area contributed by atoms with Gasteiger partial charge in [-0.15, -0.1) is 0 Å². The van der Waals surface area contributed by atoms with Gasteiger partial charge in [0.2, 0.25) is 5.95 Å². The van der Waals surface area contributed by atoms with Crippen molar-refractivity contribution < 1.29 is 14.6 Å². The van der Waals surface area contributed by atoms with Gasteiger partial charge in [-0.1, -0.05) is 33.1 Å². The van der Waals surface area contributed by atoms with Crippen LogP contribution in [0.15, 0.2) is 36.9 Å². The summed E-state index contributed by atoms with van der Waals surface area (Å²) in [5.41, 5.74) is 1.18. The van der Waals surface area contributed by atoms with Crippen molar-refractivity contribution in [2.45, 2.75) is 39.5 Å². The molecule has 1 atom stereocenters. The van der Waals surface area contributed by atoms with Gasteiger partial charge in [0.1, 0.15) is 12.7 Å². The van der Waals surface area contributed by atoms with E-state index in [4.69, 9.17) is 9.78 Å². The number of benzene rings is 1. The Labute approximate surface area is 147 Å². The highest BCUT2D eigenvalue weighted by molar-refractivity contribution is 5.89. The van der Waals surface area contributed by atoms with Gasteiger partial charge >= 0.3 is 5.97 Å². The lowest BCUT2D eigenvalue weighted by molar-refractivity contribution is -0.249. The number of unbranched alkanes of at least 4 members (excludes halogenated alkanes) is 1. The van der Waals surface area contributed by atoms with Gasteiger partial charge in [0.25, 0.3) is 0 Å². The first kappa shape index (κ1) is 18.8. The molecular formula is C18H24N4O3. The second kappa shape index (κ2) is 10.4. The highest BCUT2D eigenvalue weighted by atomic mass is 17.2. The quantitative estimate of drug-likeness (QED) is 0.516. The molecule has 1 N–H and O–H groups in total. The van der Waals surface area contributed by atoms with Crippen LogP contribution in [0.1, 0.15) is 49.9 Å². The van der Waals surface area contributed by atoms with E-state index in [1.165, 1.54) is 12.7 Å². The fourth-order valence-corrected chi connectivity index (χ4v) is 2.25. The van der Waals surface area contributed by atoms with E-state index in [0.717, 1.165) is 31.4 Å². The molecule has 1 aromatic carbocycles. The smallest absolute Gasteiger partial charge is 0.324 e. The zero-order valence-corrected chi connectivity index (χ0v) is 14.6. The van der Waals surface area contributed by atoms with Gasteiger partial charge in [-0.2, -0.15) is 4.89 Å². The summed E-state index contributed by atoms with van der Waals surface area (Å²) in [5, 5.41) is 3.01. The molecule has 0 saturated carbocycles. The summed E-state index contributed by atoms with van der Waals surface area (Å²) in [4.78, 5) is 33.7. The van der Waals surface area contributed by atoms with Gasteiger partial charge in [-0.05, 0) is 36.6 Å². The van der Waals surface area contributed by atoms with Crippen LogP contribution in [0.5, 0.6) is 0 Å². The summed E-state index contributed by atoms with van der Waals surface area (Å²) < 4.78 is 0. The van der Waals surface area contributed by atoms with Gasteiger partial charge in [0, 0.05) is 5.69 Å². The molecule has 25 heavy (non-hydrogen) atoms. The molecule has 0 spiro atoms. The molecule has 0 fully saturated rings. The SMILES string of the molecule is CCCCC(CC)COOC(=O)c1ccc(Nc2ncncn2)cc1. The van der Waals surface area contributed by atoms with Crippen molar-refractivity contribution in [2.24, 2.45) is 5.92 Å². The molecule has 0 amide bonds. The van der Waals surface area contributed by atoms with Crippen molar-refractivity contribution in [1.29, 1.82) is 0 Å². The lowest BCUT2D eigenvalue weighted by Crippen LogP contribution is -2.13. The van der Waals surface area contributed by atoms with E-state index in [9.17, 15) is 4.79 Å². The molecule has 1 aromatic heterocycles. The number of carbonyl (C=O) groups excluding carboxylic acids is 1. The molecule has 0 aliphatic heterocycles. The predicted octanol–water partition coefficient (Wildman–Crippen LogP) is 3.92. The maximum absolute atomic E-state index is 12.0. The zero-order valence-electron chi connectivity index (χ0n) is 14.6. The summed E-state index contributed by atoms with van der Waals surface area (Å²) in [7, 11) is 0. The Kier molecular flexibility index (Phi) is 7.78. The van der Waals surface area contributed by atoms with E-state index < -0.39 is 5.97 Å². The molecular weight excluding hydrogens is 320 g/mol. The van der Waals surface area contributed by atoms with E-state index in [1.54, 1.807) is 24.3 Å². The third kappa shape index (κ3) is 6.46. The minimum atomic E-state index is -0.503. The number of hydrogen-bond donors (Lipinski definition) is 1. The molecule has 0 saturated heterocycles. The molecule has 2 rings (SSSR count). The van der Waals surface area contributed by atoms with Gasteiger partial charge in [0.15, 0.2) is 0 Å². The van der Waals surface area contributed by atoms with Gasteiger partial charge < -0.3 is 5.32 Å². The van der Waals surface area contributed by atoms with Crippen molar-refractivity contribution in [3.05, 3.63) is 42.5 Å². The Morgan fingerprint density at radius 2 is 1.88 bits per heavy atom. The highest BCUT2D eigenvalue weighted by Crippen LogP contribution is 2.15. The molecule has 1 unspecified atom stereocenters. The van der Waals surface area contributed by atoms with Crippen LogP contribution in [-0.4, -0.2) is 27.5 Å². The first-order valence-electron chi connectivity index (χ1n) is 8.55. The fourth-order valence-electron chi connectivity index (χ4n) is 2.25. The van der Waals surface area contributed by atoms with E-state index in [2.05, 4.69) is 34.1 Å². The Morgan fingerprint density at radius 1 is 1.16 bits per heavy atom. The number of carbonyl (C=O) groups is 1. The van der Waals surface area contributed by atoms with Gasteiger partial charge in [-0.3, -0.25) is 4.89 Å². The lowest BCUT2D eigenvalue weighted by atomic mass is 10.0. The molecule has 2 aromatic rings. The average Bonchev–Trinajstić information content (AvgIpc) is 2.65. The second-order valence-corrected chi connectivity index (χ2v) is 5.74. The van der Waals surface area contributed by atoms with Crippen LogP contribution in [-0.2, 0) is 9.78 Å². The molecule has 0 bridgehead atoms. The van der Waals surface area contributed by atoms with Crippen LogP contribution in [0.4, 0.5) is 11.6 Å². The maximum Gasteiger partial charge on any atom is 0.373 e. The van der Waals surface area contributed by atoms with E-state index in [-0.39, 0.29) is 0 Å². The first-order valence-corrected chi connectivity index (χ1v) is 8.55. The van der Waals surface area contributed by atoms with Crippen molar-refractivity contribution in [3.63, 3.8) is 0 Å². The summed E-state index contributed by atoms with van der Waals surface area (Å²) in [6.45, 7) is 4.71. The van der Waals surface area contributed by atoms with Crippen molar-refractivity contribution in [2.75, 3.05) is 11.9 Å². The number of aromatic nitrogens is 3. The van der Waals surface area contributed by atoms with E-state index >= 15 is 0 Å². The van der Waals surface area contributed by atoms with Crippen LogP contribution in [0.3, 0.4) is 0 Å². The van der Waals surface area contributed by atoms with E-state index in [0.29, 0.717) is 24.0 Å². The highest BCUT2D eigenvalue weighted by Gasteiger charge is 2.11. The Morgan fingerprint density at radius 3 is 2.52 bits per heavy atom. The van der Waals surface area contributed by atoms with Crippen LogP contribution < -0.4 is 5.32 Å². The number of rotatable bonds is 10. The minimum Gasteiger partial charge on any atom is -0.324 e. The lowest BCUT2D eigenvalue weighted by Gasteiger charge is -2.13. The number of nitrogens with zero attached hydrogens (tertiary/aromatic N) is 3. The molecule has 1 heterocycles. The number of nitrogens with one attached hydrogen (secondary N) is 1. The molecule has 0 aliphatic carbocycles. The van der Waals surface area contributed by atoms with Crippen LogP contribution in [0.25, 0.3) is 0 Å². The third-order valence-electron chi connectivity index (χ3n) is 3.85. The molecule has 0 radical (unpaired) electrons. The average molecular weight is 344 g/mol. The predicted molar refractivity (Wildman–Crippen MR) is 94.2 cm³/mol. The van der Waals surface area contributed by atoms with Crippen molar-refractivity contribution in [1.82, 2.24) is 15.0 Å². The Hall–Kier alpha value is -2.54. The second-order valence-electron chi connectivity index (χ2n) is 5.74. The summed E-state index contributed by atoms with van der Waals surface area (Å²) in [6.07, 6.45) is 7.22. The maximum atomic E-state index is 12.0. The Balaban J connectivity index is 1.80. The monoisotopic (exact) mass is 344 g/mol. The van der Waals surface area contributed by atoms with Crippen molar-refractivity contribution >= 4 is 17.6 Å². The topological polar surface area (TPSA) is 86.2 Å². The molecule has 0 aliphatic rings. The summed E-state index contributed by atoms with van der Waals surface area (Å²) in [5.74, 6) is 0.350. The van der Waals surface area contributed by atoms with E-state index in [1.807, 2.05) is 0 Å². The fraction of sp³-hybridized carbons (Fsp3) is 0.444. The van der Waals surface area contributed by atoms with Crippen LogP contribution in [0, 0.1) is 5.92 Å².